The predicted octanol–water partition coefficient (Wildman–Crippen LogP) is 4.86. The lowest BCUT2D eigenvalue weighted by atomic mass is 10.0. The van der Waals surface area contributed by atoms with Crippen molar-refractivity contribution in [3.05, 3.63) is 81.2 Å². The number of Topliss-reactive ketones (excluding diaryl/α,β-unsaturated/α-hetero) is 1. The minimum absolute atomic E-state index is 0.175. The number of carbonyl (C=O) groups is 1. The Kier molecular flexibility index (Phi) is 6.64. The SMILES string of the molecule is Cc1ccc(C#CC(=O)c2ccc(CCCCN=[N+]=[N-])cc2)cc1. The lowest BCUT2D eigenvalue weighted by molar-refractivity contribution is 0.105. The first kappa shape index (κ1) is 17.3. The summed E-state index contributed by atoms with van der Waals surface area (Å²) in [4.78, 5) is 14.8. The van der Waals surface area contributed by atoms with Gasteiger partial charge in [-0.25, -0.2) is 0 Å². The molecule has 0 aliphatic rings. The van der Waals surface area contributed by atoms with Gasteiger partial charge in [0.1, 0.15) is 0 Å². The molecule has 0 spiro atoms. The van der Waals surface area contributed by atoms with Crippen LogP contribution < -0.4 is 0 Å². The fraction of sp³-hybridized carbons (Fsp3) is 0.250. The van der Waals surface area contributed by atoms with Gasteiger partial charge >= 0.3 is 0 Å². The third kappa shape index (κ3) is 5.64. The van der Waals surface area contributed by atoms with E-state index in [4.69, 9.17) is 5.53 Å². The van der Waals surface area contributed by atoms with E-state index in [0.29, 0.717) is 12.1 Å². The Morgan fingerprint density at radius 1 is 1.08 bits per heavy atom. The molecule has 4 nitrogen and oxygen atoms in total. The first-order chi connectivity index (χ1) is 11.7. The van der Waals surface area contributed by atoms with Crippen LogP contribution in [0, 0.1) is 18.8 Å². The maximum absolute atomic E-state index is 12.1. The average molecular weight is 317 g/mol. The van der Waals surface area contributed by atoms with Crippen LogP contribution in [-0.4, -0.2) is 12.3 Å². The second-order valence-electron chi connectivity index (χ2n) is 5.55. The molecule has 0 saturated carbocycles. The van der Waals surface area contributed by atoms with Gasteiger partial charge in [0.2, 0.25) is 5.78 Å². The molecule has 4 heteroatoms. The fourth-order valence-corrected chi connectivity index (χ4v) is 2.22. The van der Waals surface area contributed by atoms with Crippen molar-refractivity contribution < 1.29 is 4.79 Å². The molecule has 120 valence electrons. The van der Waals surface area contributed by atoms with Crippen molar-refractivity contribution in [2.45, 2.75) is 26.2 Å². The number of unbranched alkanes of at least 4 members (excludes halogenated alkanes) is 1. The van der Waals surface area contributed by atoms with Crippen LogP contribution in [0.3, 0.4) is 0 Å². The van der Waals surface area contributed by atoms with E-state index >= 15 is 0 Å². The number of carbonyl (C=O) groups excluding carboxylic acids is 1. The van der Waals surface area contributed by atoms with Gasteiger partial charge in [0.25, 0.3) is 0 Å². The summed E-state index contributed by atoms with van der Waals surface area (Å²) in [5, 5.41) is 3.51. The van der Waals surface area contributed by atoms with Gasteiger partial charge in [-0.3, -0.25) is 4.79 Å². The molecule has 24 heavy (non-hydrogen) atoms. The topological polar surface area (TPSA) is 65.8 Å². The van der Waals surface area contributed by atoms with Crippen molar-refractivity contribution in [2.24, 2.45) is 5.11 Å². The zero-order valence-electron chi connectivity index (χ0n) is 13.7. The second-order valence-corrected chi connectivity index (χ2v) is 5.55. The number of ketones is 1. The highest BCUT2D eigenvalue weighted by atomic mass is 16.1. The van der Waals surface area contributed by atoms with Crippen LogP contribution in [0.4, 0.5) is 0 Å². The number of hydrogen-bond donors (Lipinski definition) is 0. The molecule has 2 rings (SSSR count). The van der Waals surface area contributed by atoms with Gasteiger partial charge in [-0.15, -0.1) is 0 Å². The van der Waals surface area contributed by atoms with E-state index < -0.39 is 0 Å². The lowest BCUT2D eigenvalue weighted by Crippen LogP contribution is -1.96. The summed E-state index contributed by atoms with van der Waals surface area (Å²) in [7, 11) is 0. The summed E-state index contributed by atoms with van der Waals surface area (Å²) >= 11 is 0. The molecule has 0 N–H and O–H groups in total. The van der Waals surface area contributed by atoms with Crippen molar-refractivity contribution in [1.82, 2.24) is 0 Å². The lowest BCUT2D eigenvalue weighted by Gasteiger charge is -2.01. The summed E-state index contributed by atoms with van der Waals surface area (Å²) in [6, 6.07) is 15.3. The van der Waals surface area contributed by atoms with E-state index in [1.54, 1.807) is 0 Å². The molecular weight excluding hydrogens is 298 g/mol. The van der Waals surface area contributed by atoms with Crippen LogP contribution in [0.1, 0.15) is 39.9 Å². The van der Waals surface area contributed by atoms with Crippen LogP contribution in [-0.2, 0) is 6.42 Å². The van der Waals surface area contributed by atoms with Gasteiger partial charge in [-0.1, -0.05) is 53.0 Å². The predicted molar refractivity (Wildman–Crippen MR) is 95.8 cm³/mol. The Labute approximate surface area is 142 Å². The van der Waals surface area contributed by atoms with Gasteiger partial charge in [0.05, 0.1) is 0 Å². The molecule has 0 aromatic heterocycles. The van der Waals surface area contributed by atoms with Crippen molar-refractivity contribution in [3.8, 4) is 11.8 Å². The van der Waals surface area contributed by atoms with Crippen molar-refractivity contribution >= 4 is 5.78 Å². The Balaban J connectivity index is 1.91. The molecule has 0 radical (unpaired) electrons. The van der Waals surface area contributed by atoms with E-state index in [1.165, 1.54) is 11.1 Å². The minimum atomic E-state index is -0.175. The van der Waals surface area contributed by atoms with Crippen LogP contribution >= 0.6 is 0 Å². The molecule has 2 aromatic rings. The van der Waals surface area contributed by atoms with Crippen LogP contribution in [0.25, 0.3) is 10.4 Å². The van der Waals surface area contributed by atoms with E-state index in [0.717, 1.165) is 24.8 Å². The first-order valence-electron chi connectivity index (χ1n) is 7.92. The molecule has 0 fully saturated rings. The van der Waals surface area contributed by atoms with Gasteiger partial charge in [-0.05, 0) is 55.3 Å². The van der Waals surface area contributed by atoms with Gasteiger partial charge < -0.3 is 0 Å². The van der Waals surface area contributed by atoms with Crippen LogP contribution in [0.5, 0.6) is 0 Å². The van der Waals surface area contributed by atoms with Gasteiger partial charge in [0.15, 0.2) is 0 Å². The molecule has 0 unspecified atom stereocenters. The molecule has 0 amide bonds. The van der Waals surface area contributed by atoms with Gasteiger partial charge in [-0.2, -0.15) is 0 Å². The number of rotatable bonds is 6. The van der Waals surface area contributed by atoms with Gasteiger partial charge in [0, 0.05) is 22.6 Å². The number of azide groups is 1. The van der Waals surface area contributed by atoms with Crippen molar-refractivity contribution in [3.63, 3.8) is 0 Å². The first-order valence-corrected chi connectivity index (χ1v) is 7.92. The average Bonchev–Trinajstić information content (AvgIpc) is 2.61. The zero-order valence-corrected chi connectivity index (χ0v) is 13.7. The zero-order chi connectivity index (χ0) is 17.2. The summed E-state index contributed by atoms with van der Waals surface area (Å²) < 4.78 is 0. The van der Waals surface area contributed by atoms with E-state index in [2.05, 4.69) is 21.9 Å². The summed E-state index contributed by atoms with van der Waals surface area (Å²) in [6.45, 7) is 2.54. The summed E-state index contributed by atoms with van der Waals surface area (Å²) in [6.07, 6.45) is 2.73. The largest absolute Gasteiger partial charge is 0.279 e. The maximum atomic E-state index is 12.1. The molecule has 0 aliphatic heterocycles. The Hall–Kier alpha value is -3.02. The smallest absolute Gasteiger partial charge is 0.236 e. The quantitative estimate of drug-likeness (QED) is 0.187. The van der Waals surface area contributed by atoms with E-state index in [1.807, 2.05) is 55.5 Å². The van der Waals surface area contributed by atoms with E-state index in [-0.39, 0.29) is 5.78 Å². The number of aryl methyl sites for hydroxylation is 2. The number of hydrogen-bond acceptors (Lipinski definition) is 2. The fourth-order valence-electron chi connectivity index (χ4n) is 2.22. The third-order valence-corrected chi connectivity index (χ3v) is 3.62. The number of nitrogens with zero attached hydrogens (tertiary/aromatic N) is 3. The highest BCUT2D eigenvalue weighted by molar-refractivity contribution is 6.09. The Morgan fingerprint density at radius 3 is 2.46 bits per heavy atom. The molecule has 0 atom stereocenters. The molecule has 0 bridgehead atoms. The molecule has 0 saturated heterocycles. The van der Waals surface area contributed by atoms with Crippen molar-refractivity contribution in [2.75, 3.05) is 6.54 Å². The maximum Gasteiger partial charge on any atom is 0.236 e. The summed E-state index contributed by atoms with van der Waals surface area (Å²) in [5.74, 6) is 5.41. The molecular formula is C20H19N3O. The highest BCUT2D eigenvalue weighted by Crippen LogP contribution is 2.09. The summed E-state index contributed by atoms with van der Waals surface area (Å²) in [5.41, 5.74) is 12.0. The monoisotopic (exact) mass is 317 g/mol. The van der Waals surface area contributed by atoms with Crippen LogP contribution in [0.2, 0.25) is 0 Å². The van der Waals surface area contributed by atoms with Crippen molar-refractivity contribution in [1.29, 1.82) is 0 Å². The normalized spacial score (nSPS) is 9.54. The Bertz CT molecular complexity index is 790. The van der Waals surface area contributed by atoms with E-state index in [9.17, 15) is 4.79 Å². The second kappa shape index (κ2) is 9.19. The number of benzene rings is 2. The Morgan fingerprint density at radius 2 is 1.79 bits per heavy atom. The minimum Gasteiger partial charge on any atom is -0.279 e. The molecule has 0 aliphatic carbocycles. The standard InChI is InChI=1S/C20H19N3O/c1-16-5-7-18(8-6-16)11-14-20(24)19-12-9-17(10-13-19)4-2-3-15-22-23-21/h5-10,12-13H,2-4,15H2,1H3. The van der Waals surface area contributed by atoms with Crippen LogP contribution in [0.15, 0.2) is 53.6 Å². The molecule has 2 aromatic carbocycles. The highest BCUT2D eigenvalue weighted by Gasteiger charge is 2.02. The third-order valence-electron chi connectivity index (χ3n) is 3.62. The molecule has 0 heterocycles.